The van der Waals surface area contributed by atoms with Crippen LogP contribution in [0.2, 0.25) is 0 Å². The summed E-state index contributed by atoms with van der Waals surface area (Å²) in [6.07, 6.45) is 0. The monoisotopic (exact) mass is 406 g/mol. The molecule has 0 bridgehead atoms. The van der Waals surface area contributed by atoms with Crippen molar-refractivity contribution in [3.63, 3.8) is 0 Å². The second kappa shape index (κ2) is 9.69. The van der Waals surface area contributed by atoms with Crippen LogP contribution in [0.25, 0.3) is 0 Å². The van der Waals surface area contributed by atoms with E-state index in [0.717, 1.165) is 5.56 Å². The molecule has 0 fully saturated rings. The van der Waals surface area contributed by atoms with E-state index in [1.54, 1.807) is 48.5 Å². The van der Waals surface area contributed by atoms with E-state index in [-0.39, 0.29) is 30.7 Å². The van der Waals surface area contributed by atoms with E-state index in [0.29, 0.717) is 22.6 Å². The van der Waals surface area contributed by atoms with Crippen LogP contribution in [-0.4, -0.2) is 32.0 Å². The lowest BCUT2D eigenvalue weighted by Gasteiger charge is -2.23. The SMILES string of the molecule is COc1cccc(C(=O)NCCN(C(=O)c2ccc(C)cc2)c2ccc(F)cc2)c1. The number of rotatable bonds is 7. The van der Waals surface area contributed by atoms with E-state index in [2.05, 4.69) is 5.32 Å². The Morgan fingerprint density at radius 3 is 2.33 bits per heavy atom. The number of aryl methyl sites for hydroxylation is 1. The molecule has 6 heteroatoms. The molecule has 0 saturated heterocycles. The number of nitrogens with one attached hydrogen (secondary N) is 1. The lowest BCUT2D eigenvalue weighted by molar-refractivity contribution is 0.0943. The minimum absolute atomic E-state index is 0.225. The van der Waals surface area contributed by atoms with Crippen molar-refractivity contribution in [2.75, 3.05) is 25.1 Å². The van der Waals surface area contributed by atoms with E-state index in [1.807, 2.05) is 19.1 Å². The molecule has 5 nitrogen and oxygen atoms in total. The number of amides is 2. The first-order chi connectivity index (χ1) is 14.5. The van der Waals surface area contributed by atoms with Crippen LogP contribution in [0.4, 0.5) is 10.1 Å². The molecule has 0 saturated carbocycles. The number of anilines is 1. The second-order valence-electron chi connectivity index (χ2n) is 6.79. The highest BCUT2D eigenvalue weighted by molar-refractivity contribution is 6.06. The molecule has 0 radical (unpaired) electrons. The van der Waals surface area contributed by atoms with Crippen molar-refractivity contribution in [3.05, 3.63) is 95.3 Å². The highest BCUT2D eigenvalue weighted by Crippen LogP contribution is 2.18. The van der Waals surface area contributed by atoms with E-state index in [1.165, 1.54) is 24.1 Å². The molecule has 3 aromatic rings. The summed E-state index contributed by atoms with van der Waals surface area (Å²) >= 11 is 0. The van der Waals surface area contributed by atoms with Crippen molar-refractivity contribution in [2.45, 2.75) is 6.92 Å². The second-order valence-corrected chi connectivity index (χ2v) is 6.79. The summed E-state index contributed by atoms with van der Waals surface area (Å²) in [5.74, 6) is -0.286. The molecule has 2 amide bonds. The largest absolute Gasteiger partial charge is 0.497 e. The summed E-state index contributed by atoms with van der Waals surface area (Å²) in [5, 5.41) is 2.81. The molecule has 30 heavy (non-hydrogen) atoms. The van der Waals surface area contributed by atoms with Crippen LogP contribution >= 0.6 is 0 Å². The van der Waals surface area contributed by atoms with Crippen molar-refractivity contribution in [1.82, 2.24) is 5.32 Å². The predicted octanol–water partition coefficient (Wildman–Crippen LogP) is 4.22. The summed E-state index contributed by atoms with van der Waals surface area (Å²) in [4.78, 5) is 27.0. The van der Waals surface area contributed by atoms with Gasteiger partial charge in [0.1, 0.15) is 11.6 Å². The zero-order valence-corrected chi connectivity index (χ0v) is 16.9. The number of hydrogen-bond acceptors (Lipinski definition) is 3. The Kier molecular flexibility index (Phi) is 6.80. The van der Waals surface area contributed by atoms with Gasteiger partial charge in [-0.05, 0) is 61.5 Å². The summed E-state index contributed by atoms with van der Waals surface area (Å²) in [6, 6.07) is 19.8. The normalized spacial score (nSPS) is 10.4. The quantitative estimate of drug-likeness (QED) is 0.639. The molecule has 0 heterocycles. The van der Waals surface area contributed by atoms with Gasteiger partial charge in [0.05, 0.1) is 7.11 Å². The maximum Gasteiger partial charge on any atom is 0.258 e. The van der Waals surface area contributed by atoms with Gasteiger partial charge in [-0.3, -0.25) is 9.59 Å². The molecular formula is C24H23FN2O3. The summed E-state index contributed by atoms with van der Waals surface area (Å²) in [6.45, 7) is 2.40. The standard InChI is InChI=1S/C24H23FN2O3/c1-17-6-8-18(9-7-17)24(29)27(21-12-10-20(25)11-13-21)15-14-26-23(28)19-4-3-5-22(16-19)30-2/h3-13,16H,14-15H2,1-2H3,(H,26,28). The summed E-state index contributed by atoms with van der Waals surface area (Å²) in [5.41, 5.74) is 2.58. The van der Waals surface area contributed by atoms with Crippen LogP contribution in [0.3, 0.4) is 0 Å². The third-order valence-corrected chi connectivity index (χ3v) is 4.63. The summed E-state index contributed by atoms with van der Waals surface area (Å²) in [7, 11) is 1.54. The average molecular weight is 406 g/mol. The van der Waals surface area contributed by atoms with E-state index in [9.17, 15) is 14.0 Å². The molecule has 0 aliphatic carbocycles. The Bertz CT molecular complexity index is 1020. The fourth-order valence-corrected chi connectivity index (χ4v) is 2.97. The van der Waals surface area contributed by atoms with Crippen molar-refractivity contribution in [3.8, 4) is 5.75 Å². The lowest BCUT2D eigenvalue weighted by atomic mass is 10.1. The number of carbonyl (C=O) groups excluding carboxylic acids is 2. The molecule has 1 N–H and O–H groups in total. The predicted molar refractivity (Wildman–Crippen MR) is 115 cm³/mol. The molecule has 0 spiro atoms. The van der Waals surface area contributed by atoms with Crippen molar-refractivity contribution >= 4 is 17.5 Å². The molecule has 3 aromatic carbocycles. The van der Waals surface area contributed by atoms with E-state index in [4.69, 9.17) is 4.74 Å². The molecule has 0 aliphatic rings. The van der Waals surface area contributed by atoms with Gasteiger partial charge in [-0.25, -0.2) is 4.39 Å². The first kappa shape index (κ1) is 21.0. The van der Waals surface area contributed by atoms with Gasteiger partial charge in [-0.15, -0.1) is 0 Å². The number of hydrogen-bond donors (Lipinski definition) is 1. The van der Waals surface area contributed by atoms with Gasteiger partial charge in [-0.2, -0.15) is 0 Å². The van der Waals surface area contributed by atoms with Gasteiger partial charge < -0.3 is 15.0 Å². The van der Waals surface area contributed by atoms with Crippen LogP contribution in [0.5, 0.6) is 5.75 Å². The molecule has 0 aliphatic heterocycles. The Labute approximate surface area is 175 Å². The van der Waals surface area contributed by atoms with Gasteiger partial charge in [-0.1, -0.05) is 23.8 Å². The van der Waals surface area contributed by atoms with Crippen LogP contribution in [0.1, 0.15) is 26.3 Å². The molecular weight excluding hydrogens is 383 g/mol. The van der Waals surface area contributed by atoms with Gasteiger partial charge in [0.2, 0.25) is 0 Å². The Morgan fingerprint density at radius 1 is 0.967 bits per heavy atom. The van der Waals surface area contributed by atoms with Crippen LogP contribution in [0.15, 0.2) is 72.8 Å². The van der Waals surface area contributed by atoms with Gasteiger partial charge in [0.15, 0.2) is 0 Å². The highest BCUT2D eigenvalue weighted by Gasteiger charge is 2.18. The first-order valence-corrected chi connectivity index (χ1v) is 9.54. The third kappa shape index (κ3) is 5.23. The topological polar surface area (TPSA) is 58.6 Å². The Morgan fingerprint density at radius 2 is 1.67 bits per heavy atom. The van der Waals surface area contributed by atoms with Gasteiger partial charge in [0, 0.05) is 29.9 Å². The van der Waals surface area contributed by atoms with E-state index < -0.39 is 0 Å². The number of halogens is 1. The van der Waals surface area contributed by atoms with E-state index >= 15 is 0 Å². The zero-order valence-electron chi connectivity index (χ0n) is 16.9. The number of benzene rings is 3. The fourth-order valence-electron chi connectivity index (χ4n) is 2.97. The Hall–Kier alpha value is -3.67. The number of nitrogens with zero attached hydrogens (tertiary/aromatic N) is 1. The lowest BCUT2D eigenvalue weighted by Crippen LogP contribution is -2.38. The number of ether oxygens (including phenoxy) is 1. The minimum Gasteiger partial charge on any atom is -0.497 e. The highest BCUT2D eigenvalue weighted by atomic mass is 19.1. The number of methoxy groups -OCH3 is 1. The molecule has 0 aromatic heterocycles. The Balaban J connectivity index is 1.73. The first-order valence-electron chi connectivity index (χ1n) is 9.54. The van der Waals surface area contributed by atoms with Gasteiger partial charge >= 0.3 is 0 Å². The minimum atomic E-state index is -0.382. The molecule has 3 rings (SSSR count). The van der Waals surface area contributed by atoms with Crippen molar-refractivity contribution in [1.29, 1.82) is 0 Å². The molecule has 0 atom stereocenters. The molecule has 0 unspecified atom stereocenters. The smallest absolute Gasteiger partial charge is 0.258 e. The van der Waals surface area contributed by atoms with Crippen LogP contribution < -0.4 is 15.0 Å². The maximum atomic E-state index is 13.4. The fraction of sp³-hybridized carbons (Fsp3) is 0.167. The summed E-state index contributed by atoms with van der Waals surface area (Å²) < 4.78 is 18.5. The van der Waals surface area contributed by atoms with Gasteiger partial charge in [0.25, 0.3) is 11.8 Å². The van der Waals surface area contributed by atoms with Crippen molar-refractivity contribution in [2.24, 2.45) is 0 Å². The third-order valence-electron chi connectivity index (χ3n) is 4.63. The van der Waals surface area contributed by atoms with Crippen molar-refractivity contribution < 1.29 is 18.7 Å². The molecule has 154 valence electrons. The maximum absolute atomic E-state index is 13.4. The number of carbonyl (C=O) groups is 2. The van der Waals surface area contributed by atoms with Crippen LogP contribution in [0, 0.1) is 12.7 Å². The average Bonchev–Trinajstić information content (AvgIpc) is 2.77. The van der Waals surface area contributed by atoms with Crippen LogP contribution in [-0.2, 0) is 0 Å². The zero-order chi connectivity index (χ0) is 21.5.